The van der Waals surface area contributed by atoms with Crippen LogP contribution in [0, 0.1) is 0 Å². The summed E-state index contributed by atoms with van der Waals surface area (Å²) in [5.41, 5.74) is 4.11. The second-order valence-corrected chi connectivity index (χ2v) is 9.09. The molecule has 208 valence electrons. The van der Waals surface area contributed by atoms with Gasteiger partial charge in [0.1, 0.15) is 17.7 Å². The molecule has 39 heavy (non-hydrogen) atoms. The molecule has 0 bridgehead atoms. The van der Waals surface area contributed by atoms with Gasteiger partial charge < -0.3 is 25.0 Å². The van der Waals surface area contributed by atoms with Crippen LogP contribution in [-0.2, 0) is 21.8 Å². The molecule has 14 heteroatoms. The number of rotatable bonds is 4. The van der Waals surface area contributed by atoms with Gasteiger partial charge in [-0.2, -0.15) is 31.3 Å². The van der Waals surface area contributed by atoms with E-state index in [2.05, 4.69) is 15.0 Å². The first-order valence-corrected chi connectivity index (χ1v) is 12.1. The number of anilines is 3. The lowest BCUT2D eigenvalue weighted by atomic mass is 10.0. The Bertz CT molecular complexity index is 1310. The molecule has 2 aliphatic heterocycles. The number of alkyl halides is 6. The smallest absolute Gasteiger partial charge is 0.384 e. The molecule has 0 radical (unpaired) electrons. The number of nitrogens with zero attached hydrogens (tertiary/aromatic N) is 5. The van der Waals surface area contributed by atoms with Crippen molar-refractivity contribution in [2.75, 3.05) is 61.5 Å². The van der Waals surface area contributed by atoms with Crippen molar-refractivity contribution in [2.24, 2.45) is 0 Å². The lowest BCUT2D eigenvalue weighted by Gasteiger charge is -2.35. The summed E-state index contributed by atoms with van der Waals surface area (Å²) >= 11 is 0. The highest BCUT2D eigenvalue weighted by molar-refractivity contribution is 5.69. The quantitative estimate of drug-likeness (QED) is 0.470. The average Bonchev–Trinajstić information content (AvgIpc) is 2.92. The van der Waals surface area contributed by atoms with Crippen LogP contribution in [0.15, 0.2) is 42.6 Å². The van der Waals surface area contributed by atoms with Crippen molar-refractivity contribution >= 4 is 17.6 Å². The molecular weight excluding hydrogens is 530 g/mol. The van der Waals surface area contributed by atoms with Crippen molar-refractivity contribution < 1.29 is 35.8 Å². The van der Waals surface area contributed by atoms with Gasteiger partial charge in [0.05, 0.1) is 36.6 Å². The largest absolute Gasteiger partial charge is 0.417 e. The highest BCUT2D eigenvalue weighted by atomic mass is 19.4. The molecule has 1 atom stereocenters. The van der Waals surface area contributed by atoms with E-state index in [4.69, 9.17) is 15.2 Å². The molecule has 5 rings (SSSR count). The van der Waals surface area contributed by atoms with Gasteiger partial charge >= 0.3 is 12.4 Å². The molecule has 2 N–H and O–H groups in total. The minimum Gasteiger partial charge on any atom is -0.384 e. The van der Waals surface area contributed by atoms with Crippen LogP contribution in [0.25, 0.3) is 11.3 Å². The van der Waals surface area contributed by atoms with Crippen molar-refractivity contribution in [3.63, 3.8) is 0 Å². The molecule has 1 aromatic carbocycles. The van der Waals surface area contributed by atoms with Crippen LogP contribution in [0.3, 0.4) is 0 Å². The first kappa shape index (κ1) is 26.9. The van der Waals surface area contributed by atoms with Gasteiger partial charge in [-0.15, -0.1) is 0 Å². The number of halogens is 6. The second kappa shape index (κ2) is 10.5. The van der Waals surface area contributed by atoms with Gasteiger partial charge in [-0.3, -0.25) is 0 Å². The van der Waals surface area contributed by atoms with Gasteiger partial charge in [-0.05, 0) is 23.8 Å². The van der Waals surface area contributed by atoms with E-state index >= 15 is 0 Å². The third-order valence-corrected chi connectivity index (χ3v) is 6.50. The summed E-state index contributed by atoms with van der Waals surface area (Å²) in [6.07, 6.45) is -8.70. The molecule has 0 spiro atoms. The molecule has 3 aromatic rings. The predicted octanol–water partition coefficient (Wildman–Crippen LogP) is 4.57. The average molecular weight is 554 g/mol. The molecule has 1 unspecified atom stereocenters. The highest BCUT2D eigenvalue weighted by Crippen LogP contribution is 2.39. The van der Waals surface area contributed by atoms with E-state index in [1.807, 2.05) is 9.80 Å². The lowest BCUT2D eigenvalue weighted by Crippen LogP contribution is -2.40. The van der Waals surface area contributed by atoms with Crippen LogP contribution in [0.1, 0.15) is 22.8 Å². The fraction of sp³-hybridized carbons (Fsp3) is 0.400. The van der Waals surface area contributed by atoms with Gasteiger partial charge in [-0.25, -0.2) is 9.97 Å². The second-order valence-electron chi connectivity index (χ2n) is 9.09. The zero-order chi connectivity index (χ0) is 27.8. The van der Waals surface area contributed by atoms with E-state index in [-0.39, 0.29) is 36.2 Å². The Hall–Kier alpha value is -3.65. The van der Waals surface area contributed by atoms with Gasteiger partial charge in [0.15, 0.2) is 0 Å². The fourth-order valence-electron chi connectivity index (χ4n) is 4.48. The summed E-state index contributed by atoms with van der Waals surface area (Å²) in [6.45, 7) is 2.54. The molecular formula is C25H24F6N6O2. The molecule has 4 heterocycles. The summed E-state index contributed by atoms with van der Waals surface area (Å²) < 4.78 is 91.9. The third kappa shape index (κ3) is 6.01. The van der Waals surface area contributed by atoms with E-state index in [0.29, 0.717) is 44.2 Å². The summed E-state index contributed by atoms with van der Waals surface area (Å²) in [7, 11) is 0. The van der Waals surface area contributed by atoms with Crippen molar-refractivity contribution in [3.8, 4) is 11.3 Å². The minimum atomic E-state index is -4.71. The zero-order valence-corrected chi connectivity index (χ0v) is 20.5. The number of benzene rings is 1. The minimum absolute atomic E-state index is 0.0129. The van der Waals surface area contributed by atoms with Crippen LogP contribution in [0.2, 0.25) is 0 Å². The molecule has 0 aliphatic carbocycles. The van der Waals surface area contributed by atoms with E-state index < -0.39 is 29.6 Å². The van der Waals surface area contributed by atoms with E-state index in [1.165, 1.54) is 18.2 Å². The molecule has 2 aliphatic rings. The van der Waals surface area contributed by atoms with Gasteiger partial charge in [-0.1, -0.05) is 12.1 Å². The standard InChI is InChI=1S/C25H24F6N6O2/c26-24(27,28)16-3-1-15(2-4-16)20-14-37(7-10-39-20)22-12-19(34-23(35-22)36-5-8-38-9-6-36)17-13-33-21(32)11-18(17)25(29,30)31/h1-4,11-13,20H,5-10,14H2,(H2,32,33). The number of hydrogen-bond donors (Lipinski definition) is 1. The number of hydrogen-bond acceptors (Lipinski definition) is 8. The third-order valence-electron chi connectivity index (χ3n) is 6.50. The van der Waals surface area contributed by atoms with Crippen molar-refractivity contribution in [2.45, 2.75) is 18.5 Å². The Kier molecular flexibility index (Phi) is 7.25. The van der Waals surface area contributed by atoms with E-state index in [1.54, 1.807) is 0 Å². The van der Waals surface area contributed by atoms with Gasteiger partial charge in [0, 0.05) is 44.0 Å². The first-order valence-electron chi connectivity index (χ1n) is 12.1. The molecule has 0 amide bonds. The number of morpholine rings is 2. The van der Waals surface area contributed by atoms with Crippen molar-refractivity contribution in [3.05, 3.63) is 59.3 Å². The first-order chi connectivity index (χ1) is 18.5. The summed E-state index contributed by atoms with van der Waals surface area (Å²) in [5.74, 6) is 0.307. The normalized spacial score (nSPS) is 18.9. The Morgan fingerprint density at radius 1 is 0.846 bits per heavy atom. The number of nitrogens with two attached hydrogens (primary N) is 1. The van der Waals surface area contributed by atoms with Crippen molar-refractivity contribution in [1.82, 2.24) is 15.0 Å². The Morgan fingerprint density at radius 2 is 1.54 bits per heavy atom. The highest BCUT2D eigenvalue weighted by Gasteiger charge is 2.36. The van der Waals surface area contributed by atoms with Crippen molar-refractivity contribution in [1.29, 1.82) is 0 Å². The maximum Gasteiger partial charge on any atom is 0.417 e. The van der Waals surface area contributed by atoms with Crippen LogP contribution >= 0.6 is 0 Å². The Morgan fingerprint density at radius 3 is 2.21 bits per heavy atom. The molecule has 2 aromatic heterocycles. The molecule has 8 nitrogen and oxygen atoms in total. The number of ether oxygens (including phenoxy) is 2. The Balaban J connectivity index is 1.51. The van der Waals surface area contributed by atoms with Gasteiger partial charge in [0.2, 0.25) is 5.95 Å². The monoisotopic (exact) mass is 554 g/mol. The van der Waals surface area contributed by atoms with E-state index in [9.17, 15) is 26.3 Å². The van der Waals surface area contributed by atoms with Crippen LogP contribution in [-0.4, -0.2) is 61.0 Å². The summed E-state index contributed by atoms with van der Waals surface area (Å²) in [4.78, 5) is 16.6. The van der Waals surface area contributed by atoms with Crippen LogP contribution in [0.4, 0.5) is 43.9 Å². The summed E-state index contributed by atoms with van der Waals surface area (Å²) in [5, 5.41) is 0. The molecule has 2 saturated heterocycles. The molecule has 2 fully saturated rings. The topological polar surface area (TPSA) is 89.6 Å². The lowest BCUT2D eigenvalue weighted by molar-refractivity contribution is -0.138. The van der Waals surface area contributed by atoms with Crippen LogP contribution < -0.4 is 15.5 Å². The van der Waals surface area contributed by atoms with E-state index in [0.717, 1.165) is 24.4 Å². The molecule has 0 saturated carbocycles. The maximum atomic E-state index is 13.9. The van der Waals surface area contributed by atoms with Gasteiger partial charge in [0.25, 0.3) is 0 Å². The zero-order valence-electron chi connectivity index (χ0n) is 20.5. The predicted molar refractivity (Wildman–Crippen MR) is 130 cm³/mol. The number of aromatic nitrogens is 3. The van der Waals surface area contributed by atoms with Crippen LogP contribution in [0.5, 0.6) is 0 Å². The number of nitrogen functional groups attached to an aromatic ring is 1. The fourth-order valence-corrected chi connectivity index (χ4v) is 4.48. The number of pyridine rings is 1. The Labute approximate surface area is 219 Å². The SMILES string of the molecule is Nc1cc(C(F)(F)F)c(-c2cc(N3CCOC(c4ccc(C(F)(F)F)cc4)C3)nc(N3CCOCC3)n2)cn1. The maximum absolute atomic E-state index is 13.9. The summed E-state index contributed by atoms with van der Waals surface area (Å²) in [6, 6.07) is 6.91.